The molecule has 1 aliphatic rings. The van der Waals surface area contributed by atoms with Crippen molar-refractivity contribution < 1.29 is 4.79 Å². The van der Waals surface area contributed by atoms with Crippen molar-refractivity contribution >= 4 is 45.7 Å². The van der Waals surface area contributed by atoms with E-state index in [1.165, 1.54) is 6.33 Å². The number of nitrogens with zero attached hydrogens (tertiary/aromatic N) is 1. The summed E-state index contributed by atoms with van der Waals surface area (Å²) in [5.74, 6) is -0.262. The molecular formula is C13H11Cl2N3O2. The average molecular weight is 312 g/mol. The molecule has 1 saturated carbocycles. The first-order chi connectivity index (χ1) is 9.33. The Morgan fingerprint density at radius 1 is 1.45 bits per heavy atom. The molecule has 1 aliphatic carbocycles. The zero-order valence-corrected chi connectivity index (χ0v) is 12.0. The number of hydrogen-bond acceptors (Lipinski definition) is 3. The summed E-state index contributed by atoms with van der Waals surface area (Å²) in [7, 11) is 0. The van der Waals surface area contributed by atoms with E-state index in [1.807, 2.05) is 0 Å². The Labute approximate surface area is 124 Å². The van der Waals surface area contributed by atoms with Gasteiger partial charge in [-0.3, -0.25) is 9.59 Å². The molecular weight excluding hydrogens is 301 g/mol. The minimum Gasteiger partial charge on any atom is -0.325 e. The minimum atomic E-state index is -1.02. The van der Waals surface area contributed by atoms with Crippen molar-refractivity contribution in [3.8, 4) is 0 Å². The lowest BCUT2D eigenvalue weighted by Crippen LogP contribution is -2.26. The molecule has 1 fully saturated rings. The van der Waals surface area contributed by atoms with Gasteiger partial charge in [0.05, 0.1) is 22.6 Å². The van der Waals surface area contributed by atoms with E-state index in [-0.39, 0.29) is 11.5 Å². The molecule has 1 aromatic heterocycles. The number of aromatic amines is 1. The van der Waals surface area contributed by atoms with Gasteiger partial charge in [-0.2, -0.15) is 0 Å². The molecule has 0 saturated heterocycles. The molecule has 1 aromatic carbocycles. The Morgan fingerprint density at radius 2 is 2.15 bits per heavy atom. The van der Waals surface area contributed by atoms with Gasteiger partial charge in [0, 0.05) is 5.69 Å². The molecule has 1 atom stereocenters. The van der Waals surface area contributed by atoms with E-state index in [0.29, 0.717) is 23.0 Å². The summed E-state index contributed by atoms with van der Waals surface area (Å²) in [6.45, 7) is 1.71. The number of benzene rings is 1. The lowest BCUT2D eigenvalue weighted by molar-refractivity contribution is -0.120. The molecule has 0 aliphatic heterocycles. The van der Waals surface area contributed by atoms with Crippen molar-refractivity contribution in [3.63, 3.8) is 0 Å². The third-order valence-electron chi connectivity index (χ3n) is 3.66. The Hall–Kier alpha value is -1.59. The van der Waals surface area contributed by atoms with Crippen LogP contribution in [0.1, 0.15) is 13.3 Å². The van der Waals surface area contributed by atoms with Gasteiger partial charge in [0.2, 0.25) is 5.91 Å². The summed E-state index contributed by atoms with van der Waals surface area (Å²) in [6.07, 6.45) is 1.74. The first-order valence-corrected chi connectivity index (χ1v) is 6.76. The van der Waals surface area contributed by atoms with Crippen LogP contribution in [0.2, 0.25) is 0 Å². The largest absolute Gasteiger partial charge is 0.325 e. The summed E-state index contributed by atoms with van der Waals surface area (Å²) >= 11 is 11.9. The third-order valence-corrected chi connectivity index (χ3v) is 4.76. The van der Waals surface area contributed by atoms with Gasteiger partial charge in [0.25, 0.3) is 5.56 Å². The van der Waals surface area contributed by atoms with Gasteiger partial charge in [-0.1, -0.05) is 0 Å². The first-order valence-electron chi connectivity index (χ1n) is 6.00. The second-order valence-corrected chi connectivity index (χ2v) is 6.61. The van der Waals surface area contributed by atoms with E-state index in [4.69, 9.17) is 23.2 Å². The minimum absolute atomic E-state index is 0.257. The second-order valence-electron chi connectivity index (χ2n) is 5.13. The highest BCUT2D eigenvalue weighted by Gasteiger charge is 2.67. The molecule has 5 nitrogen and oxygen atoms in total. The molecule has 20 heavy (non-hydrogen) atoms. The van der Waals surface area contributed by atoms with Crippen LogP contribution in [0.4, 0.5) is 5.69 Å². The smallest absolute Gasteiger partial charge is 0.258 e. The van der Waals surface area contributed by atoms with E-state index in [0.717, 1.165) is 0 Å². The van der Waals surface area contributed by atoms with Gasteiger partial charge in [-0.15, -0.1) is 23.2 Å². The molecule has 3 rings (SSSR count). The number of alkyl halides is 2. The Bertz CT molecular complexity index is 772. The summed E-state index contributed by atoms with van der Waals surface area (Å²) < 4.78 is -1.02. The van der Waals surface area contributed by atoms with Crippen LogP contribution in [0.3, 0.4) is 0 Å². The molecule has 0 unspecified atom stereocenters. The first kappa shape index (κ1) is 13.4. The van der Waals surface area contributed by atoms with E-state index >= 15 is 0 Å². The van der Waals surface area contributed by atoms with E-state index in [1.54, 1.807) is 25.1 Å². The van der Waals surface area contributed by atoms with Gasteiger partial charge in [-0.05, 0) is 31.5 Å². The molecule has 0 bridgehead atoms. The Balaban J connectivity index is 1.91. The van der Waals surface area contributed by atoms with Gasteiger partial charge in [-0.25, -0.2) is 4.98 Å². The Morgan fingerprint density at radius 3 is 2.80 bits per heavy atom. The summed E-state index contributed by atoms with van der Waals surface area (Å²) in [5.41, 5.74) is 0.0197. The SMILES string of the molecule is C[C@]1(C(=O)Nc2ccc3nc[nH]c(=O)c3c2)CC1(Cl)Cl. The third kappa shape index (κ3) is 1.98. The second kappa shape index (κ2) is 4.20. The van der Waals surface area contributed by atoms with Gasteiger partial charge < -0.3 is 10.3 Å². The van der Waals surface area contributed by atoms with E-state index in [9.17, 15) is 9.59 Å². The number of carbonyl (C=O) groups is 1. The van der Waals surface area contributed by atoms with Crippen LogP contribution in [-0.4, -0.2) is 20.2 Å². The molecule has 0 spiro atoms. The lowest BCUT2D eigenvalue weighted by atomic mass is 10.1. The van der Waals surface area contributed by atoms with Crippen LogP contribution in [0.25, 0.3) is 10.9 Å². The standard InChI is InChI=1S/C13H11Cl2N3O2/c1-12(5-13(12,14)15)11(20)18-7-2-3-9-8(4-7)10(19)17-6-16-9/h2-4,6H,5H2,1H3,(H,18,20)(H,16,17,19)/t12-/m1/s1. The fourth-order valence-corrected chi connectivity index (χ4v) is 2.77. The number of carbonyl (C=O) groups excluding carboxylic acids is 1. The van der Waals surface area contributed by atoms with Crippen LogP contribution in [-0.2, 0) is 4.79 Å². The summed E-state index contributed by atoms with van der Waals surface area (Å²) in [5, 5.41) is 3.14. The van der Waals surface area contributed by atoms with Crippen LogP contribution < -0.4 is 10.9 Å². The van der Waals surface area contributed by atoms with Crippen molar-refractivity contribution in [3.05, 3.63) is 34.9 Å². The predicted octanol–water partition coefficient (Wildman–Crippen LogP) is 2.45. The quantitative estimate of drug-likeness (QED) is 0.836. The van der Waals surface area contributed by atoms with Gasteiger partial charge >= 0.3 is 0 Å². The highest BCUT2D eigenvalue weighted by atomic mass is 35.5. The number of halogens is 2. The maximum atomic E-state index is 12.2. The highest BCUT2D eigenvalue weighted by molar-refractivity contribution is 6.53. The van der Waals surface area contributed by atoms with Gasteiger partial charge in [0.1, 0.15) is 4.33 Å². The van der Waals surface area contributed by atoms with Gasteiger partial charge in [0.15, 0.2) is 0 Å². The fourth-order valence-electron chi connectivity index (χ4n) is 2.06. The van der Waals surface area contributed by atoms with Crippen LogP contribution in [0.5, 0.6) is 0 Å². The molecule has 1 amide bonds. The summed E-state index contributed by atoms with van der Waals surface area (Å²) in [4.78, 5) is 30.4. The average Bonchev–Trinajstić information content (AvgIpc) is 2.91. The number of H-pyrrole nitrogens is 1. The summed E-state index contributed by atoms with van der Waals surface area (Å²) in [6, 6.07) is 4.93. The van der Waals surface area contributed by atoms with Crippen molar-refractivity contribution in [1.29, 1.82) is 0 Å². The molecule has 0 radical (unpaired) electrons. The number of fused-ring (bicyclic) bond motifs is 1. The Kier molecular flexibility index (Phi) is 2.81. The monoisotopic (exact) mass is 311 g/mol. The molecule has 1 heterocycles. The van der Waals surface area contributed by atoms with E-state index in [2.05, 4.69) is 15.3 Å². The van der Waals surface area contributed by atoms with Crippen LogP contribution >= 0.6 is 23.2 Å². The van der Waals surface area contributed by atoms with Crippen LogP contribution in [0.15, 0.2) is 29.3 Å². The zero-order chi connectivity index (χ0) is 14.5. The maximum Gasteiger partial charge on any atom is 0.258 e. The van der Waals surface area contributed by atoms with Crippen molar-refractivity contribution in [2.24, 2.45) is 5.41 Å². The predicted molar refractivity (Wildman–Crippen MR) is 78.2 cm³/mol. The fraction of sp³-hybridized carbons (Fsp3) is 0.308. The molecule has 2 N–H and O–H groups in total. The topological polar surface area (TPSA) is 74.8 Å². The van der Waals surface area contributed by atoms with Crippen molar-refractivity contribution in [2.45, 2.75) is 17.7 Å². The normalized spacial score (nSPS) is 23.6. The molecule has 7 heteroatoms. The number of aromatic nitrogens is 2. The number of rotatable bonds is 2. The lowest BCUT2D eigenvalue weighted by Gasteiger charge is -2.12. The van der Waals surface area contributed by atoms with E-state index < -0.39 is 9.75 Å². The van der Waals surface area contributed by atoms with Crippen LogP contribution in [0, 0.1) is 5.41 Å². The van der Waals surface area contributed by atoms with Crippen molar-refractivity contribution in [2.75, 3.05) is 5.32 Å². The molecule has 104 valence electrons. The molecule has 2 aromatic rings. The number of anilines is 1. The number of nitrogens with one attached hydrogen (secondary N) is 2. The number of hydrogen-bond donors (Lipinski definition) is 2. The van der Waals surface area contributed by atoms with Crippen molar-refractivity contribution in [1.82, 2.24) is 9.97 Å². The highest BCUT2D eigenvalue weighted by Crippen LogP contribution is 2.64. The number of amides is 1. The zero-order valence-electron chi connectivity index (χ0n) is 10.5. The maximum absolute atomic E-state index is 12.2.